The SMILES string of the molecule is Cc1ccccc1C([CH2][Sn][O][Sn])c1ccccc1C. The minimum absolute atomic E-state index is 0.509. The summed E-state index contributed by atoms with van der Waals surface area (Å²) in [6.45, 7) is 4.42. The van der Waals surface area contributed by atoms with Gasteiger partial charge in [0.05, 0.1) is 0 Å². The van der Waals surface area contributed by atoms with Gasteiger partial charge in [-0.15, -0.1) is 0 Å². The van der Waals surface area contributed by atoms with E-state index in [9.17, 15) is 0 Å². The Bertz CT molecular complexity index is 494. The topological polar surface area (TPSA) is 9.23 Å². The van der Waals surface area contributed by atoms with Gasteiger partial charge in [-0.25, -0.2) is 0 Å². The Balaban J connectivity index is 2.42. The Kier molecular flexibility index (Phi) is 6.23. The average Bonchev–Trinajstić information content (AvgIpc) is 2.42. The van der Waals surface area contributed by atoms with Crippen LogP contribution in [0.25, 0.3) is 0 Å². The molecule has 1 nitrogen and oxygen atoms in total. The molecule has 19 heavy (non-hydrogen) atoms. The maximum absolute atomic E-state index is 5.56. The summed E-state index contributed by atoms with van der Waals surface area (Å²) in [7, 11) is 0. The number of rotatable bonds is 5. The molecule has 0 aliphatic heterocycles. The summed E-state index contributed by atoms with van der Waals surface area (Å²) in [5, 5.41) is 0. The molecule has 0 saturated carbocycles. The number of hydrogen-bond acceptors (Lipinski definition) is 1. The van der Waals surface area contributed by atoms with Crippen molar-refractivity contribution in [2.45, 2.75) is 24.2 Å². The molecule has 0 N–H and O–H groups in total. The first-order chi connectivity index (χ1) is 9.24. The summed E-state index contributed by atoms with van der Waals surface area (Å²) in [4.78, 5) is 0. The van der Waals surface area contributed by atoms with Gasteiger partial charge in [0.2, 0.25) is 0 Å². The monoisotopic (exact) mass is 465 g/mol. The van der Waals surface area contributed by atoms with Crippen molar-refractivity contribution in [1.82, 2.24) is 0 Å². The van der Waals surface area contributed by atoms with Crippen LogP contribution in [0.15, 0.2) is 48.5 Å². The molecule has 0 unspecified atom stereocenters. The molecule has 95 valence electrons. The van der Waals surface area contributed by atoms with Gasteiger partial charge in [-0.1, -0.05) is 0 Å². The molecule has 0 amide bonds. The van der Waals surface area contributed by atoms with Crippen molar-refractivity contribution >= 4 is 44.5 Å². The molecule has 0 saturated heterocycles. The molecular formula is C16H17OSn2. The summed E-state index contributed by atoms with van der Waals surface area (Å²) in [5.41, 5.74) is 5.70. The van der Waals surface area contributed by atoms with E-state index in [0.717, 1.165) is 0 Å². The van der Waals surface area contributed by atoms with E-state index in [1.54, 1.807) is 0 Å². The first-order valence-corrected chi connectivity index (χ1v) is 10.8. The molecule has 0 aromatic heterocycles. The number of hydrogen-bond donors (Lipinski definition) is 0. The van der Waals surface area contributed by atoms with E-state index in [4.69, 9.17) is 1.41 Å². The van der Waals surface area contributed by atoms with Gasteiger partial charge in [0.25, 0.3) is 0 Å². The van der Waals surface area contributed by atoms with Crippen LogP contribution in [0, 0.1) is 13.8 Å². The molecule has 2 aromatic carbocycles. The Hall–Kier alpha value is -0.00260. The summed E-state index contributed by atoms with van der Waals surface area (Å²) in [5.74, 6) is 0.509. The minimum atomic E-state index is -0.681. The fourth-order valence-electron chi connectivity index (χ4n) is 2.47. The second-order valence-corrected chi connectivity index (χ2v) is 11.2. The summed E-state index contributed by atoms with van der Waals surface area (Å²) < 4.78 is 6.77. The summed E-state index contributed by atoms with van der Waals surface area (Å²) >= 11 is 0.546. The maximum atomic E-state index is 5.56. The molecule has 2 rings (SSSR count). The van der Waals surface area contributed by atoms with Crippen LogP contribution in [0.5, 0.6) is 0 Å². The van der Waals surface area contributed by atoms with Crippen LogP contribution in [0.3, 0.4) is 0 Å². The zero-order chi connectivity index (χ0) is 13.7. The number of aryl methyl sites for hydroxylation is 2. The zero-order valence-corrected chi connectivity index (χ0v) is 17.0. The molecule has 0 bridgehead atoms. The average molecular weight is 463 g/mol. The molecule has 0 atom stereocenters. The third-order valence-electron chi connectivity index (χ3n) is 3.49. The van der Waals surface area contributed by atoms with Gasteiger partial charge in [-0.05, 0) is 0 Å². The van der Waals surface area contributed by atoms with Crippen molar-refractivity contribution in [1.29, 1.82) is 0 Å². The molecule has 0 fully saturated rings. The second kappa shape index (κ2) is 7.69. The molecular weight excluding hydrogens is 446 g/mol. The summed E-state index contributed by atoms with van der Waals surface area (Å²) in [6, 6.07) is 17.5. The van der Waals surface area contributed by atoms with Crippen molar-refractivity contribution < 1.29 is 1.41 Å². The Morgan fingerprint density at radius 3 is 1.84 bits per heavy atom. The molecule has 0 spiro atoms. The standard InChI is InChI=1S/C16H17.O.2Sn/c1-12-8-4-6-10-15(12)14(3)16-11-7-5-9-13(16)2;;;/h4-11,14H,3H2,1-2H3;;;. The fraction of sp³-hybridized carbons (Fsp3) is 0.250. The van der Waals surface area contributed by atoms with Gasteiger partial charge in [-0.2, -0.15) is 0 Å². The first-order valence-electron chi connectivity index (χ1n) is 6.40. The van der Waals surface area contributed by atoms with E-state index >= 15 is 0 Å². The molecule has 0 aliphatic rings. The van der Waals surface area contributed by atoms with Gasteiger partial charge in [0.15, 0.2) is 0 Å². The molecule has 0 aliphatic carbocycles. The predicted octanol–water partition coefficient (Wildman–Crippen LogP) is 3.57. The van der Waals surface area contributed by atoms with Crippen LogP contribution >= 0.6 is 0 Å². The molecule has 2 aromatic rings. The van der Waals surface area contributed by atoms with Crippen molar-refractivity contribution in [3.05, 3.63) is 70.8 Å². The van der Waals surface area contributed by atoms with Crippen LogP contribution < -0.4 is 0 Å². The molecule has 0 heterocycles. The third kappa shape index (κ3) is 3.98. The van der Waals surface area contributed by atoms with E-state index in [2.05, 4.69) is 62.4 Å². The van der Waals surface area contributed by atoms with E-state index in [-0.39, 0.29) is 0 Å². The number of benzene rings is 2. The second-order valence-electron chi connectivity index (χ2n) is 4.72. The van der Waals surface area contributed by atoms with Crippen LogP contribution in [0.2, 0.25) is 4.44 Å². The normalized spacial score (nSPS) is 10.9. The third-order valence-corrected chi connectivity index (χ3v) is 8.30. The Labute approximate surface area is 140 Å². The van der Waals surface area contributed by atoms with Gasteiger partial charge in [-0.3, -0.25) is 0 Å². The Morgan fingerprint density at radius 1 is 0.947 bits per heavy atom. The van der Waals surface area contributed by atoms with Crippen LogP contribution in [-0.4, -0.2) is 44.5 Å². The summed E-state index contributed by atoms with van der Waals surface area (Å²) in [6.07, 6.45) is 0. The van der Waals surface area contributed by atoms with Crippen molar-refractivity contribution in [3.63, 3.8) is 0 Å². The Morgan fingerprint density at radius 2 is 1.42 bits per heavy atom. The fourth-order valence-corrected chi connectivity index (χ4v) is 6.03. The van der Waals surface area contributed by atoms with Gasteiger partial charge < -0.3 is 0 Å². The first kappa shape index (κ1) is 15.4. The van der Waals surface area contributed by atoms with Gasteiger partial charge >= 0.3 is 141 Å². The van der Waals surface area contributed by atoms with Gasteiger partial charge in [0, 0.05) is 0 Å². The van der Waals surface area contributed by atoms with Crippen molar-refractivity contribution in [2.24, 2.45) is 0 Å². The van der Waals surface area contributed by atoms with Gasteiger partial charge in [0.1, 0.15) is 0 Å². The zero-order valence-electron chi connectivity index (χ0n) is 11.3. The predicted molar refractivity (Wildman–Crippen MR) is 81.6 cm³/mol. The molecule has 3 heteroatoms. The van der Waals surface area contributed by atoms with Crippen LogP contribution in [-0.2, 0) is 1.41 Å². The van der Waals surface area contributed by atoms with E-state index in [1.807, 2.05) is 0 Å². The van der Waals surface area contributed by atoms with Crippen LogP contribution in [0.4, 0.5) is 0 Å². The van der Waals surface area contributed by atoms with E-state index < -0.39 is 21.6 Å². The van der Waals surface area contributed by atoms with E-state index in [0.29, 0.717) is 5.92 Å². The quantitative estimate of drug-likeness (QED) is 0.618. The van der Waals surface area contributed by atoms with Crippen molar-refractivity contribution in [2.75, 3.05) is 0 Å². The van der Waals surface area contributed by atoms with E-state index in [1.165, 1.54) is 49.6 Å². The van der Waals surface area contributed by atoms with Crippen LogP contribution in [0.1, 0.15) is 28.2 Å². The molecule has 5 radical (unpaired) electrons. The van der Waals surface area contributed by atoms with Crippen molar-refractivity contribution in [3.8, 4) is 0 Å².